The van der Waals surface area contributed by atoms with Crippen molar-refractivity contribution in [3.63, 3.8) is 0 Å². The fourth-order valence-electron chi connectivity index (χ4n) is 4.19. The highest BCUT2D eigenvalue weighted by atomic mass is 16.6. The summed E-state index contributed by atoms with van der Waals surface area (Å²) in [5, 5.41) is 25.0. The Morgan fingerprint density at radius 2 is 1.79 bits per heavy atom. The van der Waals surface area contributed by atoms with Crippen LogP contribution in [0.1, 0.15) is 46.4 Å². The lowest BCUT2D eigenvalue weighted by Crippen LogP contribution is -2.04. The zero-order valence-corrected chi connectivity index (χ0v) is 16.2. The number of furan rings is 1. The van der Waals surface area contributed by atoms with Crippen molar-refractivity contribution in [3.8, 4) is 5.75 Å². The van der Waals surface area contributed by atoms with Gasteiger partial charge in [0.1, 0.15) is 11.3 Å². The van der Waals surface area contributed by atoms with Crippen LogP contribution in [0.3, 0.4) is 0 Å². The van der Waals surface area contributed by atoms with Gasteiger partial charge in [-0.05, 0) is 56.9 Å². The summed E-state index contributed by atoms with van der Waals surface area (Å²) in [5.74, 6) is 0.219. The van der Waals surface area contributed by atoms with Gasteiger partial charge in [-0.1, -0.05) is 17.7 Å². The summed E-state index contributed by atoms with van der Waals surface area (Å²) in [5.41, 5.74) is 5.08. The lowest BCUT2D eigenvalue weighted by molar-refractivity contribution is -0.398. The molecule has 0 N–H and O–H groups in total. The molecule has 0 fully saturated rings. The number of nitrogens with zero attached hydrogens (tertiary/aromatic N) is 2. The first-order valence-electron chi connectivity index (χ1n) is 9.41. The molecule has 144 valence electrons. The van der Waals surface area contributed by atoms with Crippen LogP contribution in [0.5, 0.6) is 5.75 Å². The Labute approximate surface area is 162 Å². The number of aliphatic imine (C=N–C) groups is 1. The molecule has 0 saturated carbocycles. The van der Waals surface area contributed by atoms with Crippen molar-refractivity contribution in [3.05, 3.63) is 61.9 Å². The number of rotatable bonds is 3. The average molecular weight is 377 g/mol. The quantitative estimate of drug-likeness (QED) is 0.366. The molecule has 6 nitrogen and oxygen atoms in total. The number of hydrogen-bond donors (Lipinski definition) is 0. The van der Waals surface area contributed by atoms with E-state index in [4.69, 9.17) is 4.42 Å². The monoisotopic (exact) mass is 377 g/mol. The van der Waals surface area contributed by atoms with E-state index < -0.39 is 16.4 Å². The van der Waals surface area contributed by atoms with Crippen molar-refractivity contribution in [2.75, 3.05) is 0 Å². The van der Waals surface area contributed by atoms with Crippen LogP contribution in [-0.4, -0.2) is 11.1 Å². The number of nitro groups is 1. The van der Waals surface area contributed by atoms with Gasteiger partial charge < -0.3 is 9.52 Å². The van der Waals surface area contributed by atoms with Gasteiger partial charge in [0.2, 0.25) is 0 Å². The number of hydrogen-bond acceptors (Lipinski definition) is 5. The SMILES string of the molecule is Cc1cc(C)c(N=Cc2c([O-])c([N+](=O)[O-])cc3oc4c(c23)CCCC4)c(C)c1. The molecule has 1 aromatic heterocycles. The number of fused-ring (bicyclic) bond motifs is 3. The van der Waals surface area contributed by atoms with Crippen molar-refractivity contribution in [1.29, 1.82) is 0 Å². The second-order valence-electron chi connectivity index (χ2n) is 7.49. The maximum Gasteiger partial charge on any atom is 0.266 e. The van der Waals surface area contributed by atoms with Crippen LogP contribution in [0.15, 0.2) is 27.6 Å². The normalized spacial score (nSPS) is 14.0. The van der Waals surface area contributed by atoms with Gasteiger partial charge in [0.05, 0.1) is 16.7 Å². The molecule has 1 aliphatic rings. The zero-order valence-electron chi connectivity index (χ0n) is 16.2. The summed E-state index contributed by atoms with van der Waals surface area (Å²) in [6, 6.07) is 5.32. The Morgan fingerprint density at radius 1 is 1.11 bits per heavy atom. The Balaban J connectivity index is 1.96. The average Bonchev–Trinajstić information content (AvgIpc) is 3.00. The van der Waals surface area contributed by atoms with E-state index in [1.165, 1.54) is 12.3 Å². The van der Waals surface area contributed by atoms with Gasteiger partial charge in [0.15, 0.2) is 0 Å². The fraction of sp³-hybridized carbons (Fsp3) is 0.318. The minimum atomic E-state index is -0.650. The lowest BCUT2D eigenvalue weighted by atomic mass is 9.93. The fourth-order valence-corrected chi connectivity index (χ4v) is 4.19. The van der Waals surface area contributed by atoms with Crippen LogP contribution in [-0.2, 0) is 12.8 Å². The molecule has 0 spiro atoms. The molecular weight excluding hydrogens is 356 g/mol. The van der Waals surface area contributed by atoms with Crippen LogP contribution in [0.2, 0.25) is 0 Å². The van der Waals surface area contributed by atoms with Gasteiger partial charge in [-0.2, -0.15) is 0 Å². The molecule has 28 heavy (non-hydrogen) atoms. The molecule has 2 aromatic carbocycles. The van der Waals surface area contributed by atoms with E-state index in [1.54, 1.807) is 0 Å². The number of benzene rings is 2. The van der Waals surface area contributed by atoms with Crippen LogP contribution in [0, 0.1) is 30.9 Å². The summed E-state index contributed by atoms with van der Waals surface area (Å²) < 4.78 is 5.89. The van der Waals surface area contributed by atoms with Gasteiger partial charge >= 0.3 is 0 Å². The van der Waals surface area contributed by atoms with Crippen LogP contribution < -0.4 is 5.11 Å². The maximum absolute atomic E-state index is 12.9. The smallest absolute Gasteiger partial charge is 0.266 e. The molecule has 0 unspecified atom stereocenters. The van der Waals surface area contributed by atoms with Crippen LogP contribution >= 0.6 is 0 Å². The van der Waals surface area contributed by atoms with Crippen LogP contribution in [0.25, 0.3) is 11.0 Å². The molecule has 0 saturated heterocycles. The molecule has 0 atom stereocenters. The first-order valence-corrected chi connectivity index (χ1v) is 9.41. The molecular formula is C22H21N2O4-. The first kappa shape index (κ1) is 18.2. The summed E-state index contributed by atoms with van der Waals surface area (Å²) in [4.78, 5) is 15.3. The molecule has 0 amide bonds. The van der Waals surface area contributed by atoms with Crippen molar-refractivity contribution >= 4 is 28.6 Å². The molecule has 3 aromatic rings. The minimum absolute atomic E-state index is 0.246. The van der Waals surface area contributed by atoms with E-state index in [1.807, 2.05) is 32.9 Å². The largest absolute Gasteiger partial charge is 0.867 e. The molecule has 1 heterocycles. The Morgan fingerprint density at radius 3 is 2.46 bits per heavy atom. The number of aryl methyl sites for hydroxylation is 5. The van der Waals surface area contributed by atoms with E-state index in [9.17, 15) is 15.2 Å². The third-order valence-electron chi connectivity index (χ3n) is 5.37. The lowest BCUT2D eigenvalue weighted by Gasteiger charge is -2.14. The van der Waals surface area contributed by atoms with Gasteiger partial charge in [-0.3, -0.25) is 15.1 Å². The highest BCUT2D eigenvalue weighted by Crippen LogP contribution is 2.40. The molecule has 6 heteroatoms. The van der Waals surface area contributed by atoms with Gasteiger partial charge in [-0.15, -0.1) is 0 Å². The van der Waals surface area contributed by atoms with Gasteiger partial charge in [0, 0.05) is 29.1 Å². The molecule has 0 bridgehead atoms. The third-order valence-corrected chi connectivity index (χ3v) is 5.37. The highest BCUT2D eigenvalue weighted by molar-refractivity contribution is 6.05. The van der Waals surface area contributed by atoms with Crippen molar-refractivity contribution < 1.29 is 14.4 Å². The molecule has 4 rings (SSSR count). The minimum Gasteiger partial charge on any atom is -0.867 e. The summed E-state index contributed by atoms with van der Waals surface area (Å²) in [6.45, 7) is 5.95. The Bertz CT molecular complexity index is 1120. The second-order valence-corrected chi connectivity index (χ2v) is 7.49. The maximum atomic E-state index is 12.9. The zero-order chi connectivity index (χ0) is 20.0. The Hall–Kier alpha value is -3.15. The van der Waals surface area contributed by atoms with Crippen molar-refractivity contribution in [1.82, 2.24) is 0 Å². The number of nitro benzene ring substituents is 1. The molecule has 1 aliphatic carbocycles. The summed E-state index contributed by atoms with van der Waals surface area (Å²) >= 11 is 0. The van der Waals surface area contributed by atoms with Gasteiger partial charge in [0.25, 0.3) is 5.69 Å². The highest BCUT2D eigenvalue weighted by Gasteiger charge is 2.24. The van der Waals surface area contributed by atoms with Crippen molar-refractivity contribution in [2.45, 2.75) is 46.5 Å². The predicted octanol–water partition coefficient (Wildman–Crippen LogP) is 4.97. The topological polar surface area (TPSA) is 91.7 Å². The van der Waals surface area contributed by atoms with Gasteiger partial charge in [-0.25, -0.2) is 0 Å². The Kier molecular flexibility index (Phi) is 4.41. The third kappa shape index (κ3) is 2.95. The first-order chi connectivity index (χ1) is 13.4. The molecule has 0 radical (unpaired) electrons. The second kappa shape index (κ2) is 6.78. The summed E-state index contributed by atoms with van der Waals surface area (Å²) in [6.07, 6.45) is 5.11. The standard InChI is InChI=1S/C22H22N2O4/c1-12-8-13(2)21(14(3)9-12)23-11-16-20-15-6-4-5-7-18(15)28-19(20)10-17(22(16)25)24(26)27/h8-11,25H,4-7H2,1-3H3/p-1. The van der Waals surface area contributed by atoms with E-state index in [2.05, 4.69) is 4.99 Å². The van der Waals surface area contributed by atoms with Crippen LogP contribution in [0.4, 0.5) is 11.4 Å². The van der Waals surface area contributed by atoms with E-state index >= 15 is 0 Å². The predicted molar refractivity (Wildman–Crippen MR) is 107 cm³/mol. The molecule has 0 aliphatic heterocycles. The van der Waals surface area contributed by atoms with E-state index in [-0.39, 0.29) is 5.56 Å². The summed E-state index contributed by atoms with van der Waals surface area (Å²) in [7, 11) is 0. The van der Waals surface area contributed by atoms with E-state index in [0.717, 1.165) is 59.4 Å². The van der Waals surface area contributed by atoms with E-state index in [0.29, 0.717) is 11.0 Å². The van der Waals surface area contributed by atoms with Crippen molar-refractivity contribution in [2.24, 2.45) is 4.99 Å².